The number of carbonyl (C=O) groups is 1. The van der Waals surface area contributed by atoms with Crippen LogP contribution in [0, 0.1) is 6.92 Å². The number of rotatable bonds is 6. The molecule has 2 aromatic heterocycles. The second kappa shape index (κ2) is 8.41. The van der Waals surface area contributed by atoms with E-state index < -0.39 is 11.2 Å². The summed E-state index contributed by atoms with van der Waals surface area (Å²) in [6, 6.07) is 13.2. The summed E-state index contributed by atoms with van der Waals surface area (Å²) in [4.78, 5) is 40.7. The van der Waals surface area contributed by atoms with Gasteiger partial charge in [0, 0.05) is 23.9 Å². The summed E-state index contributed by atoms with van der Waals surface area (Å²) in [6.07, 6.45) is 1.77. The molecule has 31 heavy (non-hydrogen) atoms. The summed E-state index contributed by atoms with van der Waals surface area (Å²) in [6.45, 7) is 2.45. The van der Waals surface area contributed by atoms with E-state index in [0.717, 1.165) is 15.8 Å². The second-order valence-corrected chi connectivity index (χ2v) is 7.08. The predicted octanol–water partition coefficient (Wildman–Crippen LogP) is 1.11. The Morgan fingerprint density at radius 2 is 1.94 bits per heavy atom. The molecule has 158 valence electrons. The fourth-order valence-corrected chi connectivity index (χ4v) is 3.40. The number of fused-ring (bicyclic) bond motifs is 1. The standard InChI is InChI=1S/C22H21N5O4/c1-14-16(13-26(25-14)9-10-28)12-23-20(29)15-7-8-18-19(11-15)24-22(31)27(21(18)30)17-5-3-2-4-6-17/h2-8,11,13,28H,9-10,12H2,1H3,(H,23,29)(H,24,31). The highest BCUT2D eigenvalue weighted by Crippen LogP contribution is 2.12. The van der Waals surface area contributed by atoms with Crippen LogP contribution in [0.3, 0.4) is 0 Å². The number of hydrogen-bond donors (Lipinski definition) is 3. The molecule has 0 aliphatic heterocycles. The lowest BCUT2D eigenvalue weighted by atomic mass is 10.1. The number of aryl methyl sites for hydroxylation is 1. The van der Waals surface area contributed by atoms with Crippen molar-refractivity contribution in [1.29, 1.82) is 0 Å². The minimum Gasteiger partial charge on any atom is -0.394 e. The van der Waals surface area contributed by atoms with Gasteiger partial charge in [-0.2, -0.15) is 5.10 Å². The molecule has 9 nitrogen and oxygen atoms in total. The number of aliphatic hydroxyl groups excluding tert-OH is 1. The van der Waals surface area contributed by atoms with Gasteiger partial charge in [0.05, 0.1) is 35.4 Å². The van der Waals surface area contributed by atoms with Crippen molar-refractivity contribution in [3.63, 3.8) is 0 Å². The van der Waals surface area contributed by atoms with Crippen LogP contribution in [0.2, 0.25) is 0 Å². The summed E-state index contributed by atoms with van der Waals surface area (Å²) in [5, 5.41) is 16.4. The van der Waals surface area contributed by atoms with Gasteiger partial charge in [-0.15, -0.1) is 0 Å². The molecule has 0 aliphatic carbocycles. The van der Waals surface area contributed by atoms with Gasteiger partial charge in [0.1, 0.15) is 0 Å². The fraction of sp³-hybridized carbons (Fsp3) is 0.182. The van der Waals surface area contributed by atoms with Crippen LogP contribution < -0.4 is 16.6 Å². The molecule has 0 unspecified atom stereocenters. The number of aromatic nitrogens is 4. The van der Waals surface area contributed by atoms with Gasteiger partial charge in [-0.1, -0.05) is 18.2 Å². The van der Waals surface area contributed by atoms with Crippen LogP contribution in [-0.2, 0) is 13.1 Å². The normalized spacial score (nSPS) is 11.0. The lowest BCUT2D eigenvalue weighted by molar-refractivity contribution is 0.0951. The van der Waals surface area contributed by atoms with Crippen molar-refractivity contribution in [3.05, 3.63) is 92.4 Å². The number of hydrogen-bond acceptors (Lipinski definition) is 5. The molecule has 4 aromatic rings. The third kappa shape index (κ3) is 4.03. The van der Waals surface area contributed by atoms with Crippen molar-refractivity contribution < 1.29 is 9.90 Å². The maximum atomic E-state index is 12.9. The highest BCUT2D eigenvalue weighted by molar-refractivity contribution is 5.97. The highest BCUT2D eigenvalue weighted by atomic mass is 16.3. The molecule has 2 aromatic carbocycles. The second-order valence-electron chi connectivity index (χ2n) is 7.08. The fourth-order valence-electron chi connectivity index (χ4n) is 3.40. The lowest BCUT2D eigenvalue weighted by Gasteiger charge is -2.08. The van der Waals surface area contributed by atoms with E-state index in [0.29, 0.717) is 28.7 Å². The third-order valence-corrected chi connectivity index (χ3v) is 4.99. The number of carbonyl (C=O) groups excluding carboxylic acids is 1. The molecular formula is C22H21N5O4. The Morgan fingerprint density at radius 3 is 2.68 bits per heavy atom. The van der Waals surface area contributed by atoms with E-state index >= 15 is 0 Å². The Balaban J connectivity index is 1.60. The van der Waals surface area contributed by atoms with E-state index in [9.17, 15) is 14.4 Å². The molecule has 3 N–H and O–H groups in total. The number of benzene rings is 2. The minimum absolute atomic E-state index is 0.0197. The van der Waals surface area contributed by atoms with Crippen LogP contribution in [0.1, 0.15) is 21.6 Å². The number of nitrogens with zero attached hydrogens (tertiary/aromatic N) is 3. The van der Waals surface area contributed by atoms with Crippen LogP contribution in [0.5, 0.6) is 0 Å². The smallest absolute Gasteiger partial charge is 0.333 e. The van der Waals surface area contributed by atoms with Gasteiger partial charge in [-0.25, -0.2) is 9.36 Å². The first-order valence-corrected chi connectivity index (χ1v) is 9.74. The maximum absolute atomic E-state index is 12.9. The molecular weight excluding hydrogens is 398 g/mol. The molecule has 0 aliphatic rings. The first-order valence-electron chi connectivity index (χ1n) is 9.74. The zero-order chi connectivity index (χ0) is 22.0. The van der Waals surface area contributed by atoms with Crippen LogP contribution in [0.4, 0.5) is 0 Å². The largest absolute Gasteiger partial charge is 0.394 e. The average molecular weight is 419 g/mol. The van der Waals surface area contributed by atoms with Crippen molar-refractivity contribution in [3.8, 4) is 5.69 Å². The van der Waals surface area contributed by atoms with Crippen LogP contribution in [0.15, 0.2) is 64.3 Å². The van der Waals surface area contributed by atoms with Gasteiger partial charge < -0.3 is 15.4 Å². The van der Waals surface area contributed by atoms with Crippen molar-refractivity contribution in [2.75, 3.05) is 6.61 Å². The first-order chi connectivity index (χ1) is 15.0. The molecule has 0 radical (unpaired) electrons. The SMILES string of the molecule is Cc1nn(CCO)cc1CNC(=O)c1ccc2c(=O)n(-c3ccccc3)c(=O)[nH]c2c1. The zero-order valence-corrected chi connectivity index (χ0v) is 16.8. The molecule has 0 bridgehead atoms. The van der Waals surface area contributed by atoms with Gasteiger partial charge in [0.25, 0.3) is 11.5 Å². The van der Waals surface area contributed by atoms with Crippen molar-refractivity contribution >= 4 is 16.8 Å². The van der Waals surface area contributed by atoms with Gasteiger partial charge in [-0.3, -0.25) is 14.3 Å². The first kappa shape index (κ1) is 20.3. The molecule has 2 heterocycles. The third-order valence-electron chi connectivity index (χ3n) is 4.99. The molecule has 0 saturated carbocycles. The molecule has 0 atom stereocenters. The minimum atomic E-state index is -0.576. The number of nitrogens with one attached hydrogen (secondary N) is 2. The Bertz CT molecular complexity index is 1370. The molecule has 0 saturated heterocycles. The molecule has 4 rings (SSSR count). The Labute approximate surface area is 176 Å². The van der Waals surface area contributed by atoms with Crippen molar-refractivity contribution in [1.82, 2.24) is 24.6 Å². The van der Waals surface area contributed by atoms with E-state index in [-0.39, 0.29) is 19.1 Å². The number of amides is 1. The highest BCUT2D eigenvalue weighted by Gasteiger charge is 2.13. The van der Waals surface area contributed by atoms with Gasteiger partial charge in [0.2, 0.25) is 0 Å². The van der Waals surface area contributed by atoms with Crippen LogP contribution in [-0.4, -0.2) is 37.0 Å². The zero-order valence-electron chi connectivity index (χ0n) is 16.8. The summed E-state index contributed by atoms with van der Waals surface area (Å²) in [5.41, 5.74) is 1.65. The Kier molecular flexibility index (Phi) is 5.50. The van der Waals surface area contributed by atoms with E-state index in [1.54, 1.807) is 47.3 Å². The van der Waals surface area contributed by atoms with Crippen molar-refractivity contribution in [2.24, 2.45) is 0 Å². The number of para-hydroxylation sites is 1. The van der Waals surface area contributed by atoms with Gasteiger partial charge in [0.15, 0.2) is 0 Å². The van der Waals surface area contributed by atoms with E-state index in [1.165, 1.54) is 12.1 Å². The summed E-state index contributed by atoms with van der Waals surface area (Å²) in [5.74, 6) is -0.343. The maximum Gasteiger partial charge on any atom is 0.333 e. The summed E-state index contributed by atoms with van der Waals surface area (Å²) >= 11 is 0. The van der Waals surface area contributed by atoms with Crippen LogP contribution in [0.25, 0.3) is 16.6 Å². The summed E-state index contributed by atoms with van der Waals surface area (Å²) in [7, 11) is 0. The molecule has 1 amide bonds. The van der Waals surface area contributed by atoms with E-state index in [1.807, 2.05) is 6.92 Å². The number of aromatic amines is 1. The lowest BCUT2D eigenvalue weighted by Crippen LogP contribution is -2.33. The monoisotopic (exact) mass is 419 g/mol. The Morgan fingerprint density at radius 1 is 1.16 bits per heavy atom. The van der Waals surface area contributed by atoms with Crippen LogP contribution >= 0.6 is 0 Å². The quantitative estimate of drug-likeness (QED) is 0.432. The number of aliphatic hydroxyl groups is 1. The van der Waals surface area contributed by atoms with Gasteiger partial charge in [-0.05, 0) is 37.3 Å². The molecule has 0 spiro atoms. The molecule has 9 heteroatoms. The molecule has 0 fully saturated rings. The Hall–Kier alpha value is -3.98. The number of H-pyrrole nitrogens is 1. The summed E-state index contributed by atoms with van der Waals surface area (Å²) < 4.78 is 2.68. The predicted molar refractivity (Wildman–Crippen MR) is 115 cm³/mol. The van der Waals surface area contributed by atoms with E-state index in [4.69, 9.17) is 5.11 Å². The average Bonchev–Trinajstić information content (AvgIpc) is 3.11. The van der Waals surface area contributed by atoms with Gasteiger partial charge >= 0.3 is 5.69 Å². The topological polar surface area (TPSA) is 122 Å². The van der Waals surface area contributed by atoms with E-state index in [2.05, 4.69) is 15.4 Å². The van der Waals surface area contributed by atoms with Crippen molar-refractivity contribution in [2.45, 2.75) is 20.0 Å².